The molecule has 0 saturated carbocycles. The Hall–Kier alpha value is -2.57. The van der Waals surface area contributed by atoms with Crippen LogP contribution in [0.2, 0.25) is 0 Å². The molecule has 2 N–H and O–H groups in total. The van der Waals surface area contributed by atoms with Crippen LogP contribution in [0.3, 0.4) is 0 Å². The fraction of sp³-hybridized carbons (Fsp3) is 0.250. The average molecular weight is 369 g/mol. The van der Waals surface area contributed by atoms with E-state index in [1.807, 2.05) is 42.6 Å². The molecule has 0 fully saturated rings. The van der Waals surface area contributed by atoms with E-state index in [0.29, 0.717) is 24.5 Å². The van der Waals surface area contributed by atoms with Crippen LogP contribution in [0, 0.1) is 6.92 Å². The number of aliphatic hydroxyl groups is 1. The number of amides is 1. The molecule has 0 aliphatic carbocycles. The molecule has 1 atom stereocenters. The summed E-state index contributed by atoms with van der Waals surface area (Å²) in [6, 6.07) is 11.7. The highest BCUT2D eigenvalue weighted by Crippen LogP contribution is 2.44. The normalized spacial score (nSPS) is 16.5. The Morgan fingerprint density at radius 2 is 2.12 bits per heavy atom. The first-order valence-corrected chi connectivity index (χ1v) is 9.31. The number of hydrogen-bond acceptors (Lipinski definition) is 4. The second-order valence-electron chi connectivity index (χ2n) is 6.52. The maximum Gasteiger partial charge on any atom is 0.411 e. The highest BCUT2D eigenvalue weighted by Gasteiger charge is 2.31. The Morgan fingerprint density at radius 3 is 2.85 bits per heavy atom. The predicted octanol–water partition coefficient (Wildman–Crippen LogP) is 4.19. The molecule has 4 rings (SSSR count). The second-order valence-corrected chi connectivity index (χ2v) is 7.40. The van der Waals surface area contributed by atoms with Crippen molar-refractivity contribution < 1.29 is 19.7 Å². The molecule has 2 aromatic carbocycles. The van der Waals surface area contributed by atoms with Crippen molar-refractivity contribution >= 4 is 33.2 Å². The molecule has 0 saturated heterocycles. The highest BCUT2D eigenvalue weighted by molar-refractivity contribution is 7.17. The molecule has 6 heteroatoms. The number of benzene rings is 2. The number of carbonyl (C=O) groups is 1. The van der Waals surface area contributed by atoms with E-state index in [1.165, 1.54) is 4.90 Å². The molecular weight excluding hydrogens is 350 g/mol. The minimum absolute atomic E-state index is 0.0785. The zero-order valence-electron chi connectivity index (χ0n) is 14.3. The molecule has 0 unspecified atom stereocenters. The van der Waals surface area contributed by atoms with E-state index in [4.69, 9.17) is 4.74 Å². The topological polar surface area (TPSA) is 70.0 Å². The summed E-state index contributed by atoms with van der Waals surface area (Å²) in [4.78, 5) is 12.9. The van der Waals surface area contributed by atoms with E-state index in [0.717, 1.165) is 26.8 Å². The van der Waals surface area contributed by atoms with Gasteiger partial charge in [0, 0.05) is 17.9 Å². The standard InChI is InChI=1S/C20H19NO4S/c1-12-11-26-19-17(25-10-13-5-3-2-4-6-13)8-16-15(18(12)19)7-14(22)9-21(16)20(23)24/h2-6,8,11,14,22H,7,9-10H2,1H3,(H,23,24)/t14-/m0/s1. The number of hydrogen-bond donors (Lipinski definition) is 2. The van der Waals surface area contributed by atoms with E-state index in [9.17, 15) is 15.0 Å². The third-order valence-corrected chi connectivity index (χ3v) is 5.78. The van der Waals surface area contributed by atoms with Crippen molar-refractivity contribution in [2.45, 2.75) is 26.1 Å². The molecule has 1 aliphatic heterocycles. The van der Waals surface area contributed by atoms with Crippen molar-refractivity contribution in [3.63, 3.8) is 0 Å². The van der Waals surface area contributed by atoms with Gasteiger partial charge in [-0.15, -0.1) is 11.3 Å². The number of ether oxygens (including phenoxy) is 1. The number of fused-ring (bicyclic) bond motifs is 3. The molecule has 1 amide bonds. The molecule has 0 bridgehead atoms. The molecule has 134 valence electrons. The van der Waals surface area contributed by atoms with Crippen LogP contribution in [-0.4, -0.2) is 29.0 Å². The lowest BCUT2D eigenvalue weighted by molar-refractivity contribution is 0.163. The Bertz CT molecular complexity index is 967. The van der Waals surface area contributed by atoms with Gasteiger partial charge in [-0.25, -0.2) is 4.79 Å². The van der Waals surface area contributed by atoms with Gasteiger partial charge in [0.05, 0.1) is 23.0 Å². The Kier molecular flexibility index (Phi) is 4.30. The minimum Gasteiger partial charge on any atom is -0.487 e. The van der Waals surface area contributed by atoms with E-state index in [2.05, 4.69) is 0 Å². The lowest BCUT2D eigenvalue weighted by Crippen LogP contribution is -2.41. The van der Waals surface area contributed by atoms with Crippen molar-refractivity contribution in [1.82, 2.24) is 0 Å². The molecule has 26 heavy (non-hydrogen) atoms. The monoisotopic (exact) mass is 369 g/mol. The fourth-order valence-corrected chi connectivity index (χ4v) is 4.53. The Morgan fingerprint density at radius 1 is 1.35 bits per heavy atom. The quantitative estimate of drug-likeness (QED) is 0.726. The van der Waals surface area contributed by atoms with Gasteiger partial charge in [-0.1, -0.05) is 30.3 Å². The average Bonchev–Trinajstić information content (AvgIpc) is 3.02. The summed E-state index contributed by atoms with van der Waals surface area (Å²) >= 11 is 1.59. The van der Waals surface area contributed by atoms with Gasteiger partial charge in [0.1, 0.15) is 12.4 Å². The molecule has 5 nitrogen and oxygen atoms in total. The van der Waals surface area contributed by atoms with Crippen LogP contribution in [0.1, 0.15) is 16.7 Å². The van der Waals surface area contributed by atoms with Crippen LogP contribution < -0.4 is 9.64 Å². The van der Waals surface area contributed by atoms with Gasteiger partial charge in [-0.3, -0.25) is 4.90 Å². The first kappa shape index (κ1) is 16.9. The zero-order chi connectivity index (χ0) is 18.3. The van der Waals surface area contributed by atoms with Gasteiger partial charge in [-0.05, 0) is 29.0 Å². The van der Waals surface area contributed by atoms with Crippen molar-refractivity contribution in [2.24, 2.45) is 0 Å². The molecule has 1 aliphatic rings. The molecule has 2 heterocycles. The van der Waals surface area contributed by atoms with Crippen molar-refractivity contribution in [3.05, 3.63) is 58.5 Å². The van der Waals surface area contributed by atoms with Gasteiger partial charge >= 0.3 is 6.09 Å². The summed E-state index contributed by atoms with van der Waals surface area (Å²) in [7, 11) is 0. The third-order valence-electron chi connectivity index (χ3n) is 4.67. The van der Waals surface area contributed by atoms with Crippen LogP contribution in [-0.2, 0) is 13.0 Å². The summed E-state index contributed by atoms with van der Waals surface area (Å²) in [6.07, 6.45) is -1.31. The van der Waals surface area contributed by atoms with Gasteiger partial charge in [0.2, 0.25) is 0 Å². The molecule has 0 spiro atoms. The van der Waals surface area contributed by atoms with Crippen LogP contribution in [0.5, 0.6) is 5.75 Å². The number of aryl methyl sites for hydroxylation is 1. The number of rotatable bonds is 3. The smallest absolute Gasteiger partial charge is 0.411 e. The van der Waals surface area contributed by atoms with Crippen LogP contribution in [0.25, 0.3) is 10.1 Å². The van der Waals surface area contributed by atoms with Gasteiger partial charge < -0.3 is 14.9 Å². The summed E-state index contributed by atoms with van der Waals surface area (Å²) in [5.41, 5.74) is 3.62. The number of nitrogens with zero attached hydrogens (tertiary/aromatic N) is 1. The van der Waals surface area contributed by atoms with Gasteiger partial charge in [-0.2, -0.15) is 0 Å². The molecular formula is C20H19NO4S. The molecule has 1 aromatic heterocycles. The van der Waals surface area contributed by atoms with E-state index >= 15 is 0 Å². The summed E-state index contributed by atoms with van der Waals surface area (Å²) in [5.74, 6) is 0.684. The van der Waals surface area contributed by atoms with Gasteiger partial charge in [0.25, 0.3) is 0 Å². The van der Waals surface area contributed by atoms with Gasteiger partial charge in [0.15, 0.2) is 0 Å². The van der Waals surface area contributed by atoms with Crippen LogP contribution >= 0.6 is 11.3 Å². The second kappa shape index (κ2) is 6.63. The lowest BCUT2D eigenvalue weighted by atomic mass is 9.94. The van der Waals surface area contributed by atoms with E-state index < -0.39 is 12.2 Å². The fourth-order valence-electron chi connectivity index (χ4n) is 3.49. The van der Waals surface area contributed by atoms with E-state index in [-0.39, 0.29) is 6.54 Å². The van der Waals surface area contributed by atoms with Crippen molar-refractivity contribution in [2.75, 3.05) is 11.4 Å². The third kappa shape index (κ3) is 2.91. The summed E-state index contributed by atoms with van der Waals surface area (Å²) in [6.45, 7) is 2.50. The number of anilines is 1. The van der Waals surface area contributed by atoms with E-state index in [1.54, 1.807) is 17.4 Å². The SMILES string of the molecule is Cc1csc2c(OCc3ccccc3)cc3c(c12)C[C@H](O)CN3C(=O)O. The lowest BCUT2D eigenvalue weighted by Gasteiger charge is -2.31. The largest absolute Gasteiger partial charge is 0.487 e. The number of aliphatic hydroxyl groups excluding tert-OH is 1. The Labute approximate surface area is 155 Å². The first-order valence-electron chi connectivity index (χ1n) is 8.43. The van der Waals surface area contributed by atoms with Crippen molar-refractivity contribution in [3.8, 4) is 5.75 Å². The first-order chi connectivity index (χ1) is 12.5. The zero-order valence-corrected chi connectivity index (χ0v) is 15.1. The van der Waals surface area contributed by atoms with Crippen LogP contribution in [0.15, 0.2) is 41.8 Å². The Balaban J connectivity index is 1.81. The maximum atomic E-state index is 11.7. The predicted molar refractivity (Wildman–Crippen MR) is 102 cm³/mol. The summed E-state index contributed by atoms with van der Waals surface area (Å²) < 4.78 is 7.06. The molecule has 3 aromatic rings. The number of β-amino-alcohol motifs (C(OH)–C–C–N with tert-alkyl or cyclic N) is 1. The van der Waals surface area contributed by atoms with Crippen molar-refractivity contribution in [1.29, 1.82) is 0 Å². The minimum atomic E-state index is -1.06. The number of thiophene rings is 1. The summed E-state index contributed by atoms with van der Waals surface area (Å²) in [5, 5.41) is 22.8. The highest BCUT2D eigenvalue weighted by atomic mass is 32.1. The number of carboxylic acid groups (broad SMARTS) is 1. The van der Waals surface area contributed by atoms with Crippen LogP contribution in [0.4, 0.5) is 10.5 Å². The molecule has 0 radical (unpaired) electrons. The maximum absolute atomic E-state index is 11.7.